The van der Waals surface area contributed by atoms with Crippen molar-refractivity contribution in [2.45, 2.75) is 20.0 Å². The number of morpholine rings is 1. The third-order valence-corrected chi connectivity index (χ3v) is 5.60. The van der Waals surface area contributed by atoms with Crippen LogP contribution >= 0.6 is 0 Å². The van der Waals surface area contributed by atoms with Gasteiger partial charge in [0, 0.05) is 39.3 Å². The van der Waals surface area contributed by atoms with Crippen molar-refractivity contribution in [1.29, 1.82) is 0 Å². The van der Waals surface area contributed by atoms with Crippen LogP contribution in [0.3, 0.4) is 0 Å². The molecule has 0 aliphatic carbocycles. The van der Waals surface area contributed by atoms with E-state index in [1.54, 1.807) is 0 Å². The fourth-order valence-electron chi connectivity index (χ4n) is 3.84. The average Bonchev–Trinajstić information content (AvgIpc) is 3.33. The molecule has 1 saturated heterocycles. The van der Waals surface area contributed by atoms with Gasteiger partial charge in [0.25, 0.3) is 5.91 Å². The van der Waals surface area contributed by atoms with Crippen molar-refractivity contribution >= 4 is 5.91 Å². The maximum Gasteiger partial charge on any atom is 0.273 e. The van der Waals surface area contributed by atoms with E-state index in [4.69, 9.17) is 13.9 Å². The molecule has 1 N–H and O–H groups in total. The summed E-state index contributed by atoms with van der Waals surface area (Å²) in [6.07, 6.45) is 1.43. The zero-order valence-electron chi connectivity index (χ0n) is 19.6. The lowest BCUT2D eigenvalue weighted by Gasteiger charge is -2.29. The van der Waals surface area contributed by atoms with E-state index in [0.29, 0.717) is 31.2 Å². The third kappa shape index (κ3) is 7.15. The van der Waals surface area contributed by atoms with Gasteiger partial charge in [-0.15, -0.1) is 0 Å². The first-order valence-corrected chi connectivity index (χ1v) is 11.8. The van der Waals surface area contributed by atoms with Gasteiger partial charge in [0.1, 0.15) is 17.8 Å². The number of aromatic nitrogens is 1. The van der Waals surface area contributed by atoms with Gasteiger partial charge in [-0.25, -0.2) is 4.98 Å². The molecule has 1 aliphatic rings. The number of oxazole rings is 1. The second-order valence-corrected chi connectivity index (χ2v) is 8.21. The van der Waals surface area contributed by atoms with Gasteiger partial charge >= 0.3 is 0 Å². The molecule has 1 aliphatic heterocycles. The highest BCUT2D eigenvalue weighted by molar-refractivity contribution is 5.91. The van der Waals surface area contributed by atoms with Crippen LogP contribution in [-0.4, -0.2) is 66.6 Å². The molecule has 2 heterocycles. The molecule has 0 bridgehead atoms. The molecule has 0 radical (unpaired) electrons. The van der Waals surface area contributed by atoms with E-state index in [2.05, 4.69) is 32.2 Å². The summed E-state index contributed by atoms with van der Waals surface area (Å²) in [5, 5.41) is 2.76. The lowest BCUT2D eigenvalue weighted by Crippen LogP contribution is -2.41. The molecule has 0 spiro atoms. The molecule has 8 heteroatoms. The van der Waals surface area contributed by atoms with Crippen molar-refractivity contribution in [2.24, 2.45) is 0 Å². The van der Waals surface area contributed by atoms with E-state index in [0.717, 1.165) is 56.5 Å². The topological polar surface area (TPSA) is 80.1 Å². The van der Waals surface area contributed by atoms with Crippen molar-refractivity contribution in [2.75, 3.05) is 45.9 Å². The molecule has 1 amide bonds. The summed E-state index contributed by atoms with van der Waals surface area (Å²) < 4.78 is 17.1. The highest BCUT2D eigenvalue weighted by Gasteiger charge is 2.17. The zero-order valence-corrected chi connectivity index (χ0v) is 19.6. The number of amides is 1. The number of carbonyl (C=O) groups excluding carboxylic acids is 1. The largest absolute Gasteiger partial charge is 0.457 e. The molecule has 34 heavy (non-hydrogen) atoms. The average molecular weight is 465 g/mol. The van der Waals surface area contributed by atoms with E-state index < -0.39 is 0 Å². The number of carbonyl (C=O) groups is 1. The maximum absolute atomic E-state index is 12.1. The Balaban J connectivity index is 1.44. The predicted octanol–water partition coefficient (Wildman–Crippen LogP) is 3.55. The fraction of sp³-hybridized carbons (Fsp3) is 0.385. The third-order valence-electron chi connectivity index (χ3n) is 5.60. The van der Waals surface area contributed by atoms with Gasteiger partial charge in [0.2, 0.25) is 5.89 Å². The summed E-state index contributed by atoms with van der Waals surface area (Å²) in [7, 11) is 0. The van der Waals surface area contributed by atoms with Crippen LogP contribution in [0.25, 0.3) is 0 Å². The molecule has 4 rings (SSSR count). The van der Waals surface area contributed by atoms with E-state index in [1.165, 1.54) is 6.26 Å². The SMILES string of the molecule is CCNC(=O)c1coc(CN(CCN2CCOCC2)Cc2cccc(Oc3ccccc3)c2)n1. The van der Waals surface area contributed by atoms with Crippen LogP contribution in [0, 0.1) is 0 Å². The Labute approximate surface area is 200 Å². The van der Waals surface area contributed by atoms with Crippen molar-refractivity contribution < 1.29 is 18.7 Å². The molecular weight excluding hydrogens is 432 g/mol. The summed E-state index contributed by atoms with van der Waals surface area (Å²) >= 11 is 0. The van der Waals surface area contributed by atoms with Gasteiger partial charge in [-0.05, 0) is 36.8 Å². The molecule has 0 atom stereocenters. The molecule has 180 valence electrons. The maximum atomic E-state index is 12.1. The van der Waals surface area contributed by atoms with Crippen LogP contribution < -0.4 is 10.1 Å². The lowest BCUT2D eigenvalue weighted by atomic mass is 10.2. The van der Waals surface area contributed by atoms with Crippen molar-refractivity contribution in [3.05, 3.63) is 78.0 Å². The van der Waals surface area contributed by atoms with Crippen LogP contribution in [0.4, 0.5) is 0 Å². The van der Waals surface area contributed by atoms with Crippen molar-refractivity contribution in [3.8, 4) is 11.5 Å². The van der Waals surface area contributed by atoms with Gasteiger partial charge in [0.05, 0.1) is 19.8 Å². The second-order valence-electron chi connectivity index (χ2n) is 8.21. The first-order chi connectivity index (χ1) is 16.7. The summed E-state index contributed by atoms with van der Waals surface area (Å²) in [6, 6.07) is 17.9. The van der Waals surface area contributed by atoms with E-state index in [9.17, 15) is 4.79 Å². The normalized spacial score (nSPS) is 14.3. The first kappa shape index (κ1) is 23.9. The van der Waals surface area contributed by atoms with E-state index >= 15 is 0 Å². The van der Waals surface area contributed by atoms with Crippen LogP contribution in [-0.2, 0) is 17.8 Å². The Morgan fingerprint density at radius 3 is 2.68 bits per heavy atom. The van der Waals surface area contributed by atoms with E-state index in [1.807, 2.05) is 49.4 Å². The minimum Gasteiger partial charge on any atom is -0.457 e. The predicted molar refractivity (Wildman–Crippen MR) is 129 cm³/mol. The minimum atomic E-state index is -0.219. The van der Waals surface area contributed by atoms with Crippen LogP contribution in [0.2, 0.25) is 0 Å². The Morgan fingerprint density at radius 1 is 1.09 bits per heavy atom. The molecular formula is C26H32N4O4. The highest BCUT2D eigenvalue weighted by Crippen LogP contribution is 2.23. The summed E-state index contributed by atoms with van der Waals surface area (Å²) in [5.41, 5.74) is 1.44. The standard InChI is InChI=1S/C26H32N4O4/c1-2-27-26(31)24-20-33-25(28-24)19-30(12-11-29-13-15-32-16-14-29)18-21-7-6-10-23(17-21)34-22-8-4-3-5-9-22/h3-10,17,20H,2,11-16,18-19H2,1H3,(H,27,31). The number of benzene rings is 2. The summed E-state index contributed by atoms with van der Waals surface area (Å²) in [5.74, 6) is 1.91. The molecule has 1 aromatic heterocycles. The van der Waals surface area contributed by atoms with E-state index in [-0.39, 0.29) is 5.91 Å². The number of nitrogens with zero attached hydrogens (tertiary/aromatic N) is 3. The fourth-order valence-corrected chi connectivity index (χ4v) is 3.84. The number of para-hydroxylation sites is 1. The molecule has 8 nitrogen and oxygen atoms in total. The summed E-state index contributed by atoms with van der Waals surface area (Å²) in [4.78, 5) is 21.2. The second kappa shape index (κ2) is 12.3. The van der Waals surface area contributed by atoms with Gasteiger partial charge in [-0.1, -0.05) is 30.3 Å². The molecule has 2 aromatic carbocycles. The van der Waals surface area contributed by atoms with Gasteiger partial charge in [-0.3, -0.25) is 14.6 Å². The first-order valence-electron chi connectivity index (χ1n) is 11.8. The van der Waals surface area contributed by atoms with Gasteiger partial charge < -0.3 is 19.2 Å². The van der Waals surface area contributed by atoms with Gasteiger partial charge in [0.15, 0.2) is 5.69 Å². The molecule has 0 saturated carbocycles. The number of ether oxygens (including phenoxy) is 2. The number of nitrogens with one attached hydrogen (secondary N) is 1. The Bertz CT molecular complexity index is 1030. The van der Waals surface area contributed by atoms with Crippen molar-refractivity contribution in [1.82, 2.24) is 20.1 Å². The van der Waals surface area contributed by atoms with Crippen molar-refractivity contribution in [3.63, 3.8) is 0 Å². The minimum absolute atomic E-state index is 0.219. The lowest BCUT2D eigenvalue weighted by molar-refractivity contribution is 0.0320. The highest BCUT2D eigenvalue weighted by atomic mass is 16.5. The zero-order chi connectivity index (χ0) is 23.6. The van der Waals surface area contributed by atoms with Gasteiger partial charge in [-0.2, -0.15) is 0 Å². The molecule has 0 unspecified atom stereocenters. The number of hydrogen-bond acceptors (Lipinski definition) is 7. The molecule has 3 aromatic rings. The Hall–Kier alpha value is -3.20. The number of rotatable bonds is 11. The number of hydrogen-bond donors (Lipinski definition) is 1. The Morgan fingerprint density at radius 2 is 1.88 bits per heavy atom. The quantitative estimate of drug-likeness (QED) is 0.465. The van der Waals surface area contributed by atoms with Crippen LogP contribution in [0.15, 0.2) is 65.3 Å². The smallest absolute Gasteiger partial charge is 0.273 e. The molecule has 1 fully saturated rings. The monoisotopic (exact) mass is 464 g/mol. The van der Waals surface area contributed by atoms with Crippen LogP contribution in [0.5, 0.6) is 11.5 Å². The summed E-state index contributed by atoms with van der Waals surface area (Å²) in [6.45, 7) is 8.82. The Kier molecular flexibility index (Phi) is 8.67. The van der Waals surface area contributed by atoms with Crippen LogP contribution in [0.1, 0.15) is 28.9 Å².